The molecule has 0 aliphatic carbocycles. The van der Waals surface area contributed by atoms with Gasteiger partial charge in [-0.05, 0) is 55.3 Å². The molecule has 0 unspecified atom stereocenters. The molecular formula is C29H26N6O3. The van der Waals surface area contributed by atoms with Crippen LogP contribution in [0.15, 0.2) is 79.3 Å². The van der Waals surface area contributed by atoms with Gasteiger partial charge in [0.05, 0.1) is 28.2 Å². The summed E-state index contributed by atoms with van der Waals surface area (Å²) < 4.78 is 0. The zero-order valence-corrected chi connectivity index (χ0v) is 20.6. The Morgan fingerprint density at radius 2 is 1.79 bits per heavy atom. The van der Waals surface area contributed by atoms with Crippen LogP contribution in [0.5, 0.6) is 0 Å². The number of aromatic amines is 1. The largest absolute Gasteiger partial charge is 0.354 e. The summed E-state index contributed by atoms with van der Waals surface area (Å²) in [5, 5.41) is 17.8. The van der Waals surface area contributed by atoms with Crippen molar-refractivity contribution in [1.82, 2.24) is 14.9 Å². The van der Waals surface area contributed by atoms with Gasteiger partial charge in [-0.15, -0.1) is 0 Å². The van der Waals surface area contributed by atoms with Crippen LogP contribution in [0.3, 0.4) is 0 Å². The molecule has 0 atom stereocenters. The molecule has 2 aliphatic rings. The van der Waals surface area contributed by atoms with Gasteiger partial charge in [0, 0.05) is 47.4 Å². The number of nitrogens with one attached hydrogen (secondary N) is 3. The van der Waals surface area contributed by atoms with Gasteiger partial charge in [0.15, 0.2) is 0 Å². The molecule has 3 aromatic carbocycles. The molecule has 1 amide bonds. The highest BCUT2D eigenvalue weighted by molar-refractivity contribution is 6.37. The second kappa shape index (κ2) is 9.95. The molecule has 190 valence electrons. The number of aromatic nitrogens is 2. The number of hydrogen-bond donors (Lipinski definition) is 3. The topological polar surface area (TPSA) is 116 Å². The molecular weight excluding hydrogens is 480 g/mol. The van der Waals surface area contributed by atoms with Gasteiger partial charge in [-0.2, -0.15) is 0 Å². The number of fused-ring (bicyclic) bond motifs is 1. The normalized spacial score (nSPS) is 16.3. The lowest BCUT2D eigenvalue weighted by atomic mass is 9.98. The smallest absolute Gasteiger partial charge is 0.270 e. The van der Waals surface area contributed by atoms with E-state index in [0.717, 1.165) is 42.1 Å². The Morgan fingerprint density at radius 3 is 2.47 bits per heavy atom. The van der Waals surface area contributed by atoms with Gasteiger partial charge in [-0.3, -0.25) is 19.8 Å². The molecule has 9 nitrogen and oxygen atoms in total. The molecule has 1 aromatic heterocycles. The third kappa shape index (κ3) is 4.67. The van der Waals surface area contributed by atoms with Gasteiger partial charge >= 0.3 is 0 Å². The molecule has 0 radical (unpaired) electrons. The van der Waals surface area contributed by atoms with Gasteiger partial charge < -0.3 is 15.6 Å². The van der Waals surface area contributed by atoms with Crippen molar-refractivity contribution in [3.05, 3.63) is 106 Å². The summed E-state index contributed by atoms with van der Waals surface area (Å²) >= 11 is 0. The Hall–Kier alpha value is -4.76. The van der Waals surface area contributed by atoms with Crippen LogP contribution in [0.2, 0.25) is 0 Å². The van der Waals surface area contributed by atoms with Crippen molar-refractivity contribution in [3.63, 3.8) is 0 Å². The minimum Gasteiger partial charge on any atom is -0.354 e. The van der Waals surface area contributed by atoms with Crippen molar-refractivity contribution in [2.75, 3.05) is 23.7 Å². The first-order valence-electron chi connectivity index (χ1n) is 12.6. The van der Waals surface area contributed by atoms with Crippen molar-refractivity contribution in [1.29, 1.82) is 0 Å². The van der Waals surface area contributed by atoms with E-state index in [0.29, 0.717) is 22.5 Å². The second-order valence-electron chi connectivity index (χ2n) is 9.53. The molecule has 4 aromatic rings. The number of nitro benzene ring substituents is 1. The Bertz CT molecular complexity index is 1520. The summed E-state index contributed by atoms with van der Waals surface area (Å²) in [6.07, 6.45) is 5.93. The first-order valence-corrected chi connectivity index (χ1v) is 12.6. The summed E-state index contributed by atoms with van der Waals surface area (Å²) in [4.78, 5) is 34.0. The van der Waals surface area contributed by atoms with Crippen LogP contribution in [-0.4, -0.2) is 38.8 Å². The maximum Gasteiger partial charge on any atom is 0.270 e. The average molecular weight is 507 g/mol. The zero-order chi connectivity index (χ0) is 26.1. The van der Waals surface area contributed by atoms with E-state index in [2.05, 4.69) is 37.6 Å². The maximum atomic E-state index is 13.2. The van der Waals surface area contributed by atoms with Crippen LogP contribution in [0, 0.1) is 10.1 Å². The van der Waals surface area contributed by atoms with Crippen molar-refractivity contribution in [2.45, 2.75) is 19.4 Å². The number of carbonyl (C=O) groups excluding carboxylic acids is 1. The quantitative estimate of drug-likeness (QED) is 0.173. The van der Waals surface area contributed by atoms with Gasteiger partial charge in [-0.1, -0.05) is 36.4 Å². The van der Waals surface area contributed by atoms with Crippen LogP contribution in [-0.2, 0) is 11.3 Å². The fraction of sp³-hybridized carbons (Fsp3) is 0.172. The average Bonchev–Trinajstić information content (AvgIpc) is 3.70. The number of imidazole rings is 1. The number of rotatable bonds is 7. The Labute approximate surface area is 219 Å². The number of non-ortho nitro benzene ring substituents is 1. The van der Waals surface area contributed by atoms with Gasteiger partial charge in [0.1, 0.15) is 0 Å². The Balaban J connectivity index is 1.40. The van der Waals surface area contributed by atoms with E-state index in [4.69, 9.17) is 0 Å². The Kier molecular flexibility index (Phi) is 6.19. The molecule has 6 rings (SSSR count). The number of likely N-dealkylation sites (tertiary alicyclic amines) is 1. The molecule has 3 heterocycles. The van der Waals surface area contributed by atoms with E-state index >= 15 is 0 Å². The highest BCUT2D eigenvalue weighted by atomic mass is 16.6. The minimum atomic E-state index is -0.450. The van der Waals surface area contributed by atoms with Crippen molar-refractivity contribution in [2.24, 2.45) is 0 Å². The molecule has 38 heavy (non-hydrogen) atoms. The summed E-state index contributed by atoms with van der Waals surface area (Å²) in [5.74, 6) is -0.308. The number of hydrogen-bond acceptors (Lipinski definition) is 6. The van der Waals surface area contributed by atoms with E-state index < -0.39 is 4.92 Å². The summed E-state index contributed by atoms with van der Waals surface area (Å²) in [6.45, 7) is 3.12. The zero-order valence-electron chi connectivity index (χ0n) is 20.6. The predicted molar refractivity (Wildman–Crippen MR) is 147 cm³/mol. The van der Waals surface area contributed by atoms with E-state index in [9.17, 15) is 14.9 Å². The fourth-order valence-electron chi connectivity index (χ4n) is 5.06. The lowest BCUT2D eigenvalue weighted by Gasteiger charge is -2.17. The van der Waals surface area contributed by atoms with Crippen LogP contribution < -0.4 is 10.6 Å². The number of H-pyrrole nitrogens is 1. The SMILES string of the molecule is O=C1Nc2ccc([N+](=O)[O-])cc2C1=C(Nc1ccc(-c2c[nH]cn2)cc1)c1ccc(CN2CCCC2)cc1. The van der Waals surface area contributed by atoms with E-state index in [-0.39, 0.29) is 11.6 Å². The maximum absolute atomic E-state index is 13.2. The first kappa shape index (κ1) is 23.6. The molecule has 0 bridgehead atoms. The minimum absolute atomic E-state index is 0.0681. The first-order chi connectivity index (χ1) is 18.5. The van der Waals surface area contributed by atoms with Crippen molar-refractivity contribution < 1.29 is 9.72 Å². The molecule has 3 N–H and O–H groups in total. The Morgan fingerprint density at radius 1 is 1.03 bits per heavy atom. The fourth-order valence-corrected chi connectivity index (χ4v) is 5.06. The number of anilines is 2. The standard InChI is InChI=1S/C29H26N6O3/c36-29-27(24-15-23(35(37)38)11-12-25(24)33-29)28(21-5-3-19(4-6-21)17-34-13-1-2-14-34)32-22-9-7-20(8-10-22)26-16-30-18-31-26/h3-12,15-16,18,32H,1-2,13-14,17H2,(H,30,31)(H,33,36). The number of nitrogens with zero attached hydrogens (tertiary/aromatic N) is 3. The third-order valence-electron chi connectivity index (χ3n) is 7.00. The lowest BCUT2D eigenvalue weighted by Crippen LogP contribution is -2.18. The molecule has 1 saturated heterocycles. The highest BCUT2D eigenvalue weighted by Gasteiger charge is 2.30. The summed E-state index contributed by atoms with van der Waals surface area (Å²) in [7, 11) is 0. The number of carbonyl (C=O) groups is 1. The second-order valence-corrected chi connectivity index (χ2v) is 9.53. The summed E-state index contributed by atoms with van der Waals surface area (Å²) in [5.41, 5.74) is 6.52. The van der Waals surface area contributed by atoms with Crippen LogP contribution in [0.1, 0.15) is 29.5 Å². The van der Waals surface area contributed by atoms with Gasteiger partial charge in [0.2, 0.25) is 0 Å². The van der Waals surface area contributed by atoms with Crippen LogP contribution in [0.4, 0.5) is 17.1 Å². The number of amides is 1. The summed E-state index contributed by atoms with van der Waals surface area (Å²) in [6, 6.07) is 20.3. The molecule has 0 spiro atoms. The van der Waals surface area contributed by atoms with Crippen molar-refractivity contribution >= 4 is 34.2 Å². The van der Waals surface area contributed by atoms with Gasteiger partial charge in [0.25, 0.3) is 11.6 Å². The van der Waals surface area contributed by atoms with E-state index in [1.165, 1.54) is 30.5 Å². The number of nitro groups is 1. The molecule has 2 aliphatic heterocycles. The monoisotopic (exact) mass is 506 g/mol. The molecule has 1 fully saturated rings. The molecule has 0 saturated carbocycles. The number of benzene rings is 3. The highest BCUT2D eigenvalue weighted by Crippen LogP contribution is 2.39. The van der Waals surface area contributed by atoms with Crippen molar-refractivity contribution in [3.8, 4) is 11.3 Å². The third-order valence-corrected chi connectivity index (χ3v) is 7.00. The van der Waals surface area contributed by atoms with Crippen LogP contribution in [0.25, 0.3) is 22.5 Å². The van der Waals surface area contributed by atoms with E-state index in [1.54, 1.807) is 12.4 Å². The van der Waals surface area contributed by atoms with Gasteiger partial charge in [-0.25, -0.2) is 4.98 Å². The predicted octanol–water partition coefficient (Wildman–Crippen LogP) is 5.51. The van der Waals surface area contributed by atoms with E-state index in [1.807, 2.05) is 42.6 Å². The molecule has 9 heteroatoms. The van der Waals surface area contributed by atoms with Crippen LogP contribution >= 0.6 is 0 Å². The lowest BCUT2D eigenvalue weighted by molar-refractivity contribution is -0.384.